The van der Waals surface area contributed by atoms with E-state index in [4.69, 9.17) is 0 Å². The zero-order valence-electron chi connectivity index (χ0n) is 12.7. The van der Waals surface area contributed by atoms with Gasteiger partial charge in [0.2, 0.25) is 0 Å². The first-order chi connectivity index (χ1) is 11.1. The van der Waals surface area contributed by atoms with Crippen molar-refractivity contribution < 1.29 is 9.90 Å². The normalized spacial score (nSPS) is 11.9. The summed E-state index contributed by atoms with van der Waals surface area (Å²) >= 11 is 0. The lowest BCUT2D eigenvalue weighted by Crippen LogP contribution is -2.14. The molecule has 0 fully saturated rings. The zero-order valence-corrected chi connectivity index (χ0v) is 12.7. The Morgan fingerprint density at radius 2 is 1.83 bits per heavy atom. The molecule has 5 heteroatoms. The molecule has 5 nitrogen and oxygen atoms in total. The number of carbonyl (C=O) groups excluding carboxylic acids is 1. The third kappa shape index (κ3) is 3.30. The molecule has 0 radical (unpaired) electrons. The third-order valence-corrected chi connectivity index (χ3v) is 3.55. The van der Waals surface area contributed by atoms with E-state index in [1.54, 1.807) is 25.1 Å². The second kappa shape index (κ2) is 6.46. The van der Waals surface area contributed by atoms with Gasteiger partial charge in [-0.2, -0.15) is 5.10 Å². The number of aliphatic hydroxyl groups excluding tert-OH is 1. The zero-order chi connectivity index (χ0) is 16.2. The highest BCUT2D eigenvalue weighted by atomic mass is 16.3. The van der Waals surface area contributed by atoms with Crippen LogP contribution in [0.25, 0.3) is 11.3 Å². The summed E-state index contributed by atoms with van der Waals surface area (Å²) in [6.07, 6.45) is -0.659. The lowest BCUT2D eigenvalue weighted by molar-refractivity contribution is 0.102. The fourth-order valence-electron chi connectivity index (χ4n) is 2.36. The summed E-state index contributed by atoms with van der Waals surface area (Å²) < 4.78 is 0. The van der Waals surface area contributed by atoms with E-state index in [2.05, 4.69) is 15.5 Å². The molecule has 0 aliphatic heterocycles. The van der Waals surface area contributed by atoms with Crippen molar-refractivity contribution in [3.8, 4) is 11.3 Å². The van der Waals surface area contributed by atoms with E-state index in [0.29, 0.717) is 22.6 Å². The van der Waals surface area contributed by atoms with E-state index in [0.717, 1.165) is 5.56 Å². The molecule has 23 heavy (non-hydrogen) atoms. The van der Waals surface area contributed by atoms with Crippen molar-refractivity contribution in [2.24, 2.45) is 0 Å². The maximum absolute atomic E-state index is 12.4. The van der Waals surface area contributed by atoms with Crippen LogP contribution >= 0.6 is 0 Å². The highest BCUT2D eigenvalue weighted by Gasteiger charge is 2.14. The summed E-state index contributed by atoms with van der Waals surface area (Å²) in [5.74, 6) is -0.298. The van der Waals surface area contributed by atoms with Gasteiger partial charge < -0.3 is 10.4 Å². The molecule has 2 aromatic carbocycles. The van der Waals surface area contributed by atoms with Gasteiger partial charge >= 0.3 is 0 Å². The Labute approximate surface area is 134 Å². The van der Waals surface area contributed by atoms with Crippen molar-refractivity contribution in [3.05, 3.63) is 71.9 Å². The third-order valence-electron chi connectivity index (χ3n) is 3.55. The molecule has 116 valence electrons. The highest BCUT2D eigenvalue weighted by Crippen LogP contribution is 2.23. The lowest BCUT2D eigenvalue weighted by atomic mass is 10.1. The first kappa shape index (κ1) is 15.0. The van der Waals surface area contributed by atoms with Crippen LogP contribution in [-0.2, 0) is 0 Å². The van der Waals surface area contributed by atoms with Gasteiger partial charge in [0.05, 0.1) is 11.8 Å². The molecule has 3 N–H and O–H groups in total. The van der Waals surface area contributed by atoms with Crippen LogP contribution in [0.5, 0.6) is 0 Å². The average molecular weight is 307 g/mol. The number of para-hydroxylation sites is 1. The van der Waals surface area contributed by atoms with Crippen molar-refractivity contribution in [1.29, 1.82) is 0 Å². The van der Waals surface area contributed by atoms with Crippen LogP contribution in [0.2, 0.25) is 0 Å². The molecule has 1 unspecified atom stereocenters. The number of amides is 1. The maximum Gasteiger partial charge on any atom is 0.273 e. The number of benzene rings is 2. The molecule has 0 spiro atoms. The lowest BCUT2D eigenvalue weighted by Gasteiger charge is -2.12. The second-order valence-corrected chi connectivity index (χ2v) is 5.25. The number of carbonyl (C=O) groups is 1. The SMILES string of the molecule is CC(O)c1ccccc1NC(=O)c1cc(-c2ccccc2)n[nH]1. The number of hydrogen-bond donors (Lipinski definition) is 3. The van der Waals surface area contributed by atoms with E-state index >= 15 is 0 Å². The van der Waals surface area contributed by atoms with E-state index in [1.165, 1.54) is 0 Å². The summed E-state index contributed by atoms with van der Waals surface area (Å²) in [4.78, 5) is 12.4. The molecule has 0 saturated carbocycles. The van der Waals surface area contributed by atoms with Gasteiger partial charge in [-0.15, -0.1) is 0 Å². The minimum absolute atomic E-state index is 0.298. The number of rotatable bonds is 4. The smallest absolute Gasteiger partial charge is 0.273 e. The van der Waals surface area contributed by atoms with Gasteiger partial charge in [0.25, 0.3) is 5.91 Å². The predicted molar refractivity (Wildman–Crippen MR) is 89.1 cm³/mol. The van der Waals surface area contributed by atoms with Crippen LogP contribution in [0, 0.1) is 0 Å². The topological polar surface area (TPSA) is 78.0 Å². The first-order valence-corrected chi connectivity index (χ1v) is 7.34. The summed E-state index contributed by atoms with van der Waals surface area (Å²) in [6, 6.07) is 18.5. The number of aliphatic hydroxyl groups is 1. The van der Waals surface area contributed by atoms with E-state index < -0.39 is 6.10 Å². The number of nitrogens with zero attached hydrogens (tertiary/aromatic N) is 1. The Balaban J connectivity index is 1.81. The molecule has 1 atom stereocenters. The predicted octanol–water partition coefficient (Wildman–Crippen LogP) is 3.38. The van der Waals surface area contributed by atoms with Gasteiger partial charge in [0, 0.05) is 16.8 Å². The largest absolute Gasteiger partial charge is 0.389 e. The number of H-pyrrole nitrogens is 1. The van der Waals surface area contributed by atoms with Gasteiger partial charge in [-0.25, -0.2) is 0 Å². The summed E-state index contributed by atoms with van der Waals surface area (Å²) in [5.41, 5.74) is 3.27. The van der Waals surface area contributed by atoms with Crippen LogP contribution in [0.1, 0.15) is 29.1 Å². The average Bonchev–Trinajstić information content (AvgIpc) is 3.06. The molecule has 0 bridgehead atoms. The van der Waals surface area contributed by atoms with E-state index in [9.17, 15) is 9.90 Å². The molecule has 3 aromatic rings. The Morgan fingerprint density at radius 3 is 2.57 bits per heavy atom. The second-order valence-electron chi connectivity index (χ2n) is 5.25. The Morgan fingerprint density at radius 1 is 1.13 bits per heavy atom. The van der Waals surface area contributed by atoms with Gasteiger partial charge in [-0.3, -0.25) is 9.89 Å². The first-order valence-electron chi connectivity index (χ1n) is 7.34. The maximum atomic E-state index is 12.4. The number of hydrogen-bond acceptors (Lipinski definition) is 3. The Hall–Kier alpha value is -2.92. The number of nitrogens with one attached hydrogen (secondary N) is 2. The van der Waals surface area contributed by atoms with Crippen LogP contribution in [0.4, 0.5) is 5.69 Å². The minimum atomic E-state index is -0.659. The van der Waals surface area contributed by atoms with Crippen LogP contribution in [-0.4, -0.2) is 21.2 Å². The van der Waals surface area contributed by atoms with Gasteiger partial charge in [0.1, 0.15) is 5.69 Å². The summed E-state index contributed by atoms with van der Waals surface area (Å²) in [5, 5.41) is 19.5. The quantitative estimate of drug-likeness (QED) is 0.691. The molecule has 1 aromatic heterocycles. The summed E-state index contributed by atoms with van der Waals surface area (Å²) in [6.45, 7) is 1.66. The molecule has 1 amide bonds. The highest BCUT2D eigenvalue weighted by molar-refractivity contribution is 6.03. The molecule has 0 saturated heterocycles. The monoisotopic (exact) mass is 307 g/mol. The molecule has 3 rings (SSSR count). The number of anilines is 1. The van der Waals surface area contributed by atoms with Gasteiger partial charge in [-0.1, -0.05) is 48.5 Å². The van der Waals surface area contributed by atoms with Crippen molar-refractivity contribution in [3.63, 3.8) is 0 Å². The molecule has 0 aliphatic rings. The fraction of sp³-hybridized carbons (Fsp3) is 0.111. The fourth-order valence-corrected chi connectivity index (χ4v) is 2.36. The molecular weight excluding hydrogens is 290 g/mol. The van der Waals surface area contributed by atoms with Gasteiger partial charge in [-0.05, 0) is 19.1 Å². The molecular formula is C18H17N3O2. The molecule has 0 aliphatic carbocycles. The van der Waals surface area contributed by atoms with E-state index in [1.807, 2.05) is 42.5 Å². The van der Waals surface area contributed by atoms with Crippen molar-refractivity contribution in [2.75, 3.05) is 5.32 Å². The standard InChI is InChI=1S/C18H17N3O2/c1-12(22)14-9-5-6-10-15(14)19-18(23)17-11-16(20-21-17)13-7-3-2-4-8-13/h2-12,22H,1H3,(H,19,23)(H,20,21). The Bertz CT molecular complexity index is 810. The summed E-state index contributed by atoms with van der Waals surface area (Å²) in [7, 11) is 0. The number of aromatic nitrogens is 2. The Kier molecular flexibility index (Phi) is 4.21. The van der Waals surface area contributed by atoms with Crippen molar-refractivity contribution >= 4 is 11.6 Å². The van der Waals surface area contributed by atoms with Crippen LogP contribution in [0.15, 0.2) is 60.7 Å². The number of aromatic amines is 1. The minimum Gasteiger partial charge on any atom is -0.389 e. The van der Waals surface area contributed by atoms with Crippen LogP contribution < -0.4 is 5.32 Å². The van der Waals surface area contributed by atoms with Crippen LogP contribution in [0.3, 0.4) is 0 Å². The van der Waals surface area contributed by atoms with E-state index in [-0.39, 0.29) is 5.91 Å². The van der Waals surface area contributed by atoms with Gasteiger partial charge in [0.15, 0.2) is 0 Å². The van der Waals surface area contributed by atoms with Crippen molar-refractivity contribution in [1.82, 2.24) is 10.2 Å². The van der Waals surface area contributed by atoms with Crippen molar-refractivity contribution in [2.45, 2.75) is 13.0 Å². The molecule has 1 heterocycles.